The van der Waals surface area contributed by atoms with E-state index in [0.29, 0.717) is 5.56 Å². The highest BCUT2D eigenvalue weighted by Crippen LogP contribution is 2.27. The summed E-state index contributed by atoms with van der Waals surface area (Å²) in [7, 11) is 1.86. The Labute approximate surface area is 134 Å². The van der Waals surface area contributed by atoms with E-state index in [-0.39, 0.29) is 11.9 Å². The molecule has 3 heteroatoms. The van der Waals surface area contributed by atoms with Crippen molar-refractivity contribution >= 4 is 15.9 Å². The molecule has 0 aliphatic rings. The molecule has 1 N–H and O–H groups in total. The summed E-state index contributed by atoms with van der Waals surface area (Å²) in [5, 5.41) is 3.20. The first-order chi connectivity index (χ1) is 10.2. The van der Waals surface area contributed by atoms with Gasteiger partial charge in [-0.15, -0.1) is 0 Å². The monoisotopic (exact) mass is 349 g/mol. The lowest BCUT2D eigenvalue weighted by Gasteiger charge is -2.18. The van der Waals surface area contributed by atoms with Gasteiger partial charge in [0.1, 0.15) is 5.82 Å². The lowest BCUT2D eigenvalue weighted by atomic mass is 9.96. The maximum Gasteiger partial charge on any atom is 0.128 e. The van der Waals surface area contributed by atoms with Crippen LogP contribution in [0.1, 0.15) is 42.5 Å². The predicted octanol–water partition coefficient (Wildman–Crippen LogP) is 5.24. The Morgan fingerprint density at radius 3 is 2.48 bits per heavy atom. The van der Waals surface area contributed by atoms with Crippen molar-refractivity contribution in [1.29, 1.82) is 0 Å². The second-order valence-electron chi connectivity index (χ2n) is 5.23. The van der Waals surface area contributed by atoms with Gasteiger partial charge in [0.05, 0.1) is 6.04 Å². The van der Waals surface area contributed by atoms with E-state index in [1.54, 1.807) is 6.07 Å². The van der Waals surface area contributed by atoms with Crippen molar-refractivity contribution in [1.82, 2.24) is 5.32 Å². The zero-order valence-corrected chi connectivity index (χ0v) is 14.1. The predicted molar refractivity (Wildman–Crippen MR) is 90.1 cm³/mol. The Morgan fingerprint density at radius 2 is 1.86 bits per heavy atom. The summed E-state index contributed by atoms with van der Waals surface area (Å²) in [4.78, 5) is 0. The number of hydrogen-bond acceptors (Lipinski definition) is 1. The van der Waals surface area contributed by atoms with Gasteiger partial charge in [-0.3, -0.25) is 0 Å². The first-order valence-corrected chi connectivity index (χ1v) is 8.16. The van der Waals surface area contributed by atoms with Gasteiger partial charge >= 0.3 is 0 Å². The van der Waals surface area contributed by atoms with Crippen molar-refractivity contribution in [2.24, 2.45) is 0 Å². The van der Waals surface area contributed by atoms with E-state index in [1.807, 2.05) is 13.1 Å². The minimum absolute atomic E-state index is 0.136. The fraction of sp³-hybridized carbons (Fsp3) is 0.333. The molecule has 1 unspecified atom stereocenters. The summed E-state index contributed by atoms with van der Waals surface area (Å²) in [6, 6.07) is 13.4. The zero-order valence-electron chi connectivity index (χ0n) is 12.5. The number of nitrogens with one attached hydrogen (secondary N) is 1. The van der Waals surface area contributed by atoms with E-state index < -0.39 is 0 Å². The van der Waals surface area contributed by atoms with Crippen LogP contribution in [0.4, 0.5) is 4.39 Å². The molecule has 0 saturated heterocycles. The van der Waals surface area contributed by atoms with Crippen LogP contribution in [0.2, 0.25) is 0 Å². The fourth-order valence-electron chi connectivity index (χ4n) is 2.50. The lowest BCUT2D eigenvalue weighted by molar-refractivity contribution is 0.575. The van der Waals surface area contributed by atoms with Gasteiger partial charge in [-0.2, -0.15) is 0 Å². The minimum atomic E-state index is -0.187. The molecule has 0 aliphatic carbocycles. The van der Waals surface area contributed by atoms with Gasteiger partial charge in [0.25, 0.3) is 0 Å². The highest BCUT2D eigenvalue weighted by molar-refractivity contribution is 9.10. The molecule has 0 aromatic heterocycles. The number of benzene rings is 2. The molecule has 2 aromatic rings. The molecule has 0 amide bonds. The van der Waals surface area contributed by atoms with Gasteiger partial charge in [-0.1, -0.05) is 53.5 Å². The van der Waals surface area contributed by atoms with E-state index in [4.69, 9.17) is 0 Å². The van der Waals surface area contributed by atoms with Gasteiger partial charge in [0.2, 0.25) is 0 Å². The van der Waals surface area contributed by atoms with Gasteiger partial charge < -0.3 is 5.32 Å². The topological polar surface area (TPSA) is 12.0 Å². The van der Waals surface area contributed by atoms with Crippen molar-refractivity contribution < 1.29 is 4.39 Å². The molecule has 112 valence electrons. The Kier molecular flexibility index (Phi) is 5.95. The molecular formula is C18H21BrFN. The summed E-state index contributed by atoms with van der Waals surface area (Å²) >= 11 is 3.41. The molecule has 1 atom stereocenters. The third-order valence-electron chi connectivity index (χ3n) is 3.69. The summed E-state index contributed by atoms with van der Waals surface area (Å²) in [6.45, 7) is 2.20. The summed E-state index contributed by atoms with van der Waals surface area (Å²) in [5.74, 6) is -0.187. The van der Waals surface area contributed by atoms with Crippen LogP contribution < -0.4 is 5.32 Å². The molecule has 21 heavy (non-hydrogen) atoms. The maximum atomic E-state index is 14.1. The zero-order chi connectivity index (χ0) is 15.2. The van der Waals surface area contributed by atoms with Crippen LogP contribution in [0.5, 0.6) is 0 Å². The average Bonchev–Trinajstić information content (AvgIpc) is 2.50. The minimum Gasteiger partial charge on any atom is -0.309 e. The number of halogens is 2. The van der Waals surface area contributed by atoms with Crippen LogP contribution in [0.25, 0.3) is 0 Å². The van der Waals surface area contributed by atoms with E-state index >= 15 is 0 Å². The van der Waals surface area contributed by atoms with E-state index in [0.717, 1.165) is 16.5 Å². The number of aryl methyl sites for hydroxylation is 1. The SMILES string of the molecule is CCCCc1ccc(C(NC)c2cc(Br)ccc2F)cc1. The molecule has 2 rings (SSSR count). The van der Waals surface area contributed by atoms with E-state index in [2.05, 4.69) is 52.4 Å². The molecule has 0 radical (unpaired) electrons. The van der Waals surface area contributed by atoms with Crippen molar-refractivity contribution in [3.05, 3.63) is 69.4 Å². The molecule has 0 fully saturated rings. The Bertz CT molecular complexity index is 580. The van der Waals surface area contributed by atoms with Gasteiger partial charge in [-0.25, -0.2) is 4.39 Å². The van der Waals surface area contributed by atoms with E-state index in [1.165, 1.54) is 24.5 Å². The van der Waals surface area contributed by atoms with E-state index in [9.17, 15) is 4.39 Å². The summed E-state index contributed by atoms with van der Waals surface area (Å²) in [5.41, 5.74) is 3.08. The van der Waals surface area contributed by atoms with Crippen molar-refractivity contribution in [2.45, 2.75) is 32.2 Å². The third-order valence-corrected chi connectivity index (χ3v) is 4.18. The lowest BCUT2D eigenvalue weighted by Crippen LogP contribution is -2.19. The normalized spacial score (nSPS) is 12.4. The first kappa shape index (κ1) is 16.2. The van der Waals surface area contributed by atoms with Crippen LogP contribution in [-0.4, -0.2) is 7.05 Å². The number of rotatable bonds is 6. The quantitative estimate of drug-likeness (QED) is 0.751. The molecule has 0 saturated carbocycles. The Hall–Kier alpha value is -1.19. The highest BCUT2D eigenvalue weighted by Gasteiger charge is 2.16. The van der Waals surface area contributed by atoms with Gasteiger partial charge in [0.15, 0.2) is 0 Å². The summed E-state index contributed by atoms with van der Waals surface area (Å²) in [6.07, 6.45) is 3.51. The Morgan fingerprint density at radius 1 is 1.14 bits per heavy atom. The second-order valence-corrected chi connectivity index (χ2v) is 6.15. The average molecular weight is 350 g/mol. The summed E-state index contributed by atoms with van der Waals surface area (Å²) < 4.78 is 15.0. The van der Waals surface area contributed by atoms with Crippen LogP contribution in [0.3, 0.4) is 0 Å². The van der Waals surface area contributed by atoms with Crippen LogP contribution in [0, 0.1) is 5.82 Å². The highest BCUT2D eigenvalue weighted by atomic mass is 79.9. The maximum absolute atomic E-state index is 14.1. The largest absolute Gasteiger partial charge is 0.309 e. The fourth-order valence-corrected chi connectivity index (χ4v) is 2.87. The molecule has 2 aromatic carbocycles. The Balaban J connectivity index is 2.26. The van der Waals surface area contributed by atoms with Crippen molar-refractivity contribution in [3.63, 3.8) is 0 Å². The van der Waals surface area contributed by atoms with Crippen molar-refractivity contribution in [3.8, 4) is 0 Å². The van der Waals surface area contributed by atoms with Gasteiger partial charge in [0, 0.05) is 10.0 Å². The van der Waals surface area contributed by atoms with Crippen LogP contribution >= 0.6 is 15.9 Å². The molecule has 0 bridgehead atoms. The van der Waals surface area contributed by atoms with Crippen molar-refractivity contribution in [2.75, 3.05) is 7.05 Å². The van der Waals surface area contributed by atoms with Crippen LogP contribution in [-0.2, 0) is 6.42 Å². The smallest absolute Gasteiger partial charge is 0.128 e. The number of unbranched alkanes of at least 4 members (excludes halogenated alkanes) is 1. The second kappa shape index (κ2) is 7.71. The van der Waals surface area contributed by atoms with Gasteiger partial charge in [-0.05, 0) is 49.2 Å². The molecule has 0 spiro atoms. The molecule has 0 aliphatic heterocycles. The third kappa shape index (κ3) is 4.14. The molecule has 1 nitrogen and oxygen atoms in total. The molecule has 0 heterocycles. The standard InChI is InChI=1S/C18H21BrFN/c1-3-4-5-13-6-8-14(9-7-13)18(21-2)16-12-15(19)10-11-17(16)20/h6-12,18,21H,3-5H2,1-2H3. The number of hydrogen-bond donors (Lipinski definition) is 1. The molecular weight excluding hydrogens is 329 g/mol. The first-order valence-electron chi connectivity index (χ1n) is 7.36. The van der Waals surface area contributed by atoms with Crippen LogP contribution in [0.15, 0.2) is 46.9 Å².